The van der Waals surface area contributed by atoms with Crippen LogP contribution < -0.4 is 15.5 Å². The summed E-state index contributed by atoms with van der Waals surface area (Å²) in [5, 5.41) is 5.68. The normalized spacial score (nSPS) is 11.8. The van der Waals surface area contributed by atoms with Crippen molar-refractivity contribution in [3.63, 3.8) is 0 Å². The molecule has 1 atom stereocenters. The molecule has 0 radical (unpaired) electrons. The Hall–Kier alpha value is -1.40. The Morgan fingerprint density at radius 2 is 1.90 bits per heavy atom. The first-order chi connectivity index (χ1) is 9.92. The van der Waals surface area contributed by atoms with Crippen LogP contribution in [0.5, 0.6) is 0 Å². The predicted octanol–water partition coefficient (Wildman–Crippen LogP) is 0.737. The van der Waals surface area contributed by atoms with Crippen LogP contribution in [0.25, 0.3) is 0 Å². The Kier molecular flexibility index (Phi) is 7.39. The number of hydrogen-bond acceptors (Lipinski definition) is 2. The zero-order chi connectivity index (χ0) is 15.8. The third-order valence-corrected chi connectivity index (χ3v) is 3.45. The van der Waals surface area contributed by atoms with Gasteiger partial charge < -0.3 is 15.5 Å². The number of carbonyl (C=O) groups excluding carboxylic acids is 2. The van der Waals surface area contributed by atoms with Gasteiger partial charge in [-0.25, -0.2) is 0 Å². The first-order valence-corrected chi connectivity index (χ1v) is 7.85. The van der Waals surface area contributed by atoms with Crippen LogP contribution in [0.4, 0.5) is 5.69 Å². The Balaban J connectivity index is 2.44. The van der Waals surface area contributed by atoms with E-state index in [-0.39, 0.29) is 18.4 Å². The lowest BCUT2D eigenvalue weighted by Crippen LogP contribution is -3.11. The lowest BCUT2D eigenvalue weighted by molar-refractivity contribution is -0.862. The number of carbonyl (C=O) groups is 2. The van der Waals surface area contributed by atoms with Gasteiger partial charge in [0.1, 0.15) is 0 Å². The SMILES string of the molecule is CCCNC(=O)C[NH+](C)CC(=O)Nc1ccc(Br)cc1C. The van der Waals surface area contributed by atoms with Crippen molar-refractivity contribution in [3.05, 3.63) is 28.2 Å². The molecule has 0 aliphatic heterocycles. The number of rotatable bonds is 7. The van der Waals surface area contributed by atoms with E-state index in [1.807, 2.05) is 39.1 Å². The number of benzene rings is 1. The average molecular weight is 357 g/mol. The van der Waals surface area contributed by atoms with E-state index in [2.05, 4.69) is 26.6 Å². The van der Waals surface area contributed by atoms with E-state index >= 15 is 0 Å². The summed E-state index contributed by atoms with van der Waals surface area (Å²) in [5.41, 5.74) is 1.79. The van der Waals surface area contributed by atoms with Gasteiger partial charge >= 0.3 is 0 Å². The Labute approximate surface area is 134 Å². The van der Waals surface area contributed by atoms with Crippen molar-refractivity contribution in [2.45, 2.75) is 20.3 Å². The van der Waals surface area contributed by atoms with Crippen LogP contribution in [-0.2, 0) is 9.59 Å². The second-order valence-corrected chi connectivity index (χ2v) is 6.08. The maximum Gasteiger partial charge on any atom is 0.279 e. The first-order valence-electron chi connectivity index (χ1n) is 7.06. The van der Waals surface area contributed by atoms with Crippen LogP contribution in [0.2, 0.25) is 0 Å². The second-order valence-electron chi connectivity index (χ2n) is 5.17. The minimum Gasteiger partial charge on any atom is -0.351 e. The molecular formula is C15H23BrN3O2+. The summed E-state index contributed by atoms with van der Waals surface area (Å²) in [5.74, 6) is -0.122. The molecule has 2 amide bonds. The fraction of sp³-hybridized carbons (Fsp3) is 0.467. The van der Waals surface area contributed by atoms with E-state index in [1.54, 1.807) is 0 Å². The van der Waals surface area contributed by atoms with Gasteiger partial charge in [-0.3, -0.25) is 9.59 Å². The van der Waals surface area contributed by atoms with Gasteiger partial charge in [-0.2, -0.15) is 0 Å². The van der Waals surface area contributed by atoms with E-state index < -0.39 is 0 Å². The number of amides is 2. The van der Waals surface area contributed by atoms with Gasteiger partial charge in [-0.15, -0.1) is 0 Å². The lowest BCUT2D eigenvalue weighted by atomic mass is 10.2. The van der Waals surface area contributed by atoms with Crippen LogP contribution >= 0.6 is 15.9 Å². The van der Waals surface area contributed by atoms with E-state index in [9.17, 15) is 9.59 Å². The first kappa shape index (κ1) is 17.7. The summed E-state index contributed by atoms with van der Waals surface area (Å²) in [6, 6.07) is 5.70. The number of quaternary nitrogens is 1. The third-order valence-electron chi connectivity index (χ3n) is 2.96. The number of likely N-dealkylation sites (N-methyl/N-ethyl adjacent to an activating group) is 1. The number of hydrogen-bond donors (Lipinski definition) is 3. The minimum atomic E-state index is -0.0961. The number of halogens is 1. The lowest BCUT2D eigenvalue weighted by Gasteiger charge is -2.14. The smallest absolute Gasteiger partial charge is 0.279 e. The topological polar surface area (TPSA) is 62.6 Å². The molecule has 3 N–H and O–H groups in total. The van der Waals surface area contributed by atoms with Gasteiger partial charge in [0.25, 0.3) is 11.8 Å². The van der Waals surface area contributed by atoms with Gasteiger partial charge in [0, 0.05) is 16.7 Å². The molecule has 0 aromatic heterocycles. The van der Waals surface area contributed by atoms with Crippen molar-refractivity contribution in [1.82, 2.24) is 5.32 Å². The monoisotopic (exact) mass is 356 g/mol. The van der Waals surface area contributed by atoms with Crippen LogP contribution in [0.3, 0.4) is 0 Å². The molecule has 0 heterocycles. The fourth-order valence-corrected chi connectivity index (χ4v) is 2.37. The molecule has 0 saturated heterocycles. The Morgan fingerprint density at radius 3 is 2.52 bits per heavy atom. The molecule has 1 aromatic carbocycles. The van der Waals surface area contributed by atoms with Gasteiger partial charge in [0.2, 0.25) is 0 Å². The summed E-state index contributed by atoms with van der Waals surface area (Å²) in [7, 11) is 1.83. The molecule has 1 unspecified atom stereocenters. The van der Waals surface area contributed by atoms with Crippen LogP contribution in [0.1, 0.15) is 18.9 Å². The van der Waals surface area contributed by atoms with Crippen molar-refractivity contribution >= 4 is 33.4 Å². The zero-order valence-corrected chi connectivity index (χ0v) is 14.3. The molecule has 0 fully saturated rings. The summed E-state index contributed by atoms with van der Waals surface area (Å²) in [6.07, 6.45) is 0.911. The number of aryl methyl sites for hydroxylation is 1. The molecule has 1 aromatic rings. The number of anilines is 1. The molecule has 0 aliphatic carbocycles. The van der Waals surface area contributed by atoms with Gasteiger partial charge in [0.15, 0.2) is 13.1 Å². The van der Waals surface area contributed by atoms with E-state index in [1.165, 1.54) is 0 Å². The maximum atomic E-state index is 12.0. The van der Waals surface area contributed by atoms with Crippen molar-refractivity contribution in [2.75, 3.05) is 32.0 Å². The zero-order valence-electron chi connectivity index (χ0n) is 12.8. The largest absolute Gasteiger partial charge is 0.351 e. The fourth-order valence-electron chi connectivity index (χ4n) is 1.90. The van der Waals surface area contributed by atoms with Crippen molar-refractivity contribution < 1.29 is 14.5 Å². The van der Waals surface area contributed by atoms with Crippen LogP contribution in [0, 0.1) is 6.92 Å². The predicted molar refractivity (Wildman–Crippen MR) is 87.4 cm³/mol. The van der Waals surface area contributed by atoms with E-state index in [4.69, 9.17) is 0 Å². The van der Waals surface area contributed by atoms with Crippen molar-refractivity contribution in [2.24, 2.45) is 0 Å². The standard InChI is InChI=1S/C15H22BrN3O2/c1-4-7-17-14(20)9-19(3)10-15(21)18-13-6-5-12(16)8-11(13)2/h5-6,8H,4,7,9-10H2,1-3H3,(H,17,20)(H,18,21)/p+1. The summed E-state index contributed by atoms with van der Waals surface area (Å²) in [6.45, 7) is 5.18. The molecule has 5 nitrogen and oxygen atoms in total. The summed E-state index contributed by atoms with van der Waals surface area (Å²) >= 11 is 3.39. The van der Waals surface area contributed by atoms with E-state index in [0.717, 1.165) is 27.0 Å². The second kappa shape index (κ2) is 8.79. The molecule has 0 bridgehead atoms. The molecule has 6 heteroatoms. The van der Waals surface area contributed by atoms with Crippen molar-refractivity contribution in [1.29, 1.82) is 0 Å². The number of nitrogens with one attached hydrogen (secondary N) is 3. The molecular weight excluding hydrogens is 334 g/mol. The highest BCUT2D eigenvalue weighted by Gasteiger charge is 2.14. The van der Waals surface area contributed by atoms with Crippen LogP contribution in [-0.4, -0.2) is 38.5 Å². The van der Waals surface area contributed by atoms with Gasteiger partial charge in [-0.1, -0.05) is 22.9 Å². The van der Waals surface area contributed by atoms with Gasteiger partial charge in [-0.05, 0) is 37.1 Å². The molecule has 21 heavy (non-hydrogen) atoms. The van der Waals surface area contributed by atoms with Crippen LogP contribution in [0.15, 0.2) is 22.7 Å². The molecule has 0 saturated carbocycles. The minimum absolute atomic E-state index is 0.0260. The molecule has 0 spiro atoms. The molecule has 0 aliphatic rings. The average Bonchev–Trinajstić information content (AvgIpc) is 2.39. The highest BCUT2D eigenvalue weighted by molar-refractivity contribution is 9.10. The highest BCUT2D eigenvalue weighted by Crippen LogP contribution is 2.19. The Bertz CT molecular complexity index is 506. The van der Waals surface area contributed by atoms with Crippen molar-refractivity contribution in [3.8, 4) is 0 Å². The highest BCUT2D eigenvalue weighted by atomic mass is 79.9. The quantitative estimate of drug-likeness (QED) is 0.674. The summed E-state index contributed by atoms with van der Waals surface area (Å²) in [4.78, 5) is 24.4. The molecule has 1 rings (SSSR count). The van der Waals surface area contributed by atoms with Gasteiger partial charge in [0.05, 0.1) is 7.05 Å². The van der Waals surface area contributed by atoms with E-state index in [0.29, 0.717) is 13.1 Å². The maximum absolute atomic E-state index is 12.0. The molecule has 116 valence electrons. The third kappa shape index (κ3) is 6.73. The summed E-state index contributed by atoms with van der Waals surface area (Å²) < 4.78 is 0.980. The Morgan fingerprint density at radius 1 is 1.24 bits per heavy atom.